The van der Waals surface area contributed by atoms with Crippen LogP contribution >= 0.6 is 50.6 Å². The fraction of sp³-hybridized carbons (Fsp3) is 0.172. The first-order valence-electron chi connectivity index (χ1n) is 12.8. The van der Waals surface area contributed by atoms with E-state index < -0.39 is 58.8 Å². The molecular weight excluding hydrogens is 707 g/mol. The second-order valence-electron chi connectivity index (χ2n) is 9.80. The smallest absolute Gasteiger partial charge is 0.418 e. The molecule has 0 aliphatic carbocycles. The third-order valence-corrected chi connectivity index (χ3v) is 10.2. The Morgan fingerprint density at radius 2 is 1.77 bits per heavy atom. The number of aromatic amines is 1. The molecule has 2 unspecified atom stereocenters. The molecule has 6 rings (SSSR count). The standard InChI is InChI=1S/C29H18BrClF3N3O5S2/c30-13-5-10-19(42-12-20(38)35-18-4-2-1-3-17(18)29(32,33)34)16(11-13)21-22-24(43-25-23(21)44-28(41)36-25)27(40)37(26(22)39)15-8-6-14(31)7-9-15/h1-11,21-22,24H,12H2,(H,35,38)(H,36,41)/t21-,22?,24?/m1/s1. The van der Waals surface area contributed by atoms with Crippen molar-refractivity contribution in [3.63, 3.8) is 0 Å². The van der Waals surface area contributed by atoms with Crippen LogP contribution in [0.25, 0.3) is 0 Å². The van der Waals surface area contributed by atoms with Gasteiger partial charge in [-0.2, -0.15) is 13.2 Å². The van der Waals surface area contributed by atoms with E-state index in [0.717, 1.165) is 40.1 Å². The van der Waals surface area contributed by atoms with E-state index in [2.05, 4.69) is 26.2 Å². The Bertz CT molecular complexity index is 1860. The van der Waals surface area contributed by atoms with E-state index >= 15 is 0 Å². The molecule has 8 nitrogen and oxygen atoms in total. The molecule has 0 bridgehead atoms. The number of H-pyrrole nitrogens is 1. The highest BCUT2D eigenvalue weighted by molar-refractivity contribution is 9.10. The van der Waals surface area contributed by atoms with Crippen LogP contribution in [0.5, 0.6) is 5.75 Å². The number of ether oxygens (including phenoxy) is 1. The van der Waals surface area contributed by atoms with Gasteiger partial charge in [-0.15, -0.1) is 0 Å². The van der Waals surface area contributed by atoms with E-state index in [1.54, 1.807) is 42.5 Å². The molecule has 2 aliphatic heterocycles. The lowest BCUT2D eigenvalue weighted by atomic mass is 9.82. The number of fused-ring (bicyclic) bond motifs is 2. The Kier molecular flexibility index (Phi) is 8.11. The molecule has 44 heavy (non-hydrogen) atoms. The van der Waals surface area contributed by atoms with Crippen LogP contribution in [0.3, 0.4) is 0 Å². The van der Waals surface area contributed by atoms with E-state index in [-0.39, 0.29) is 10.6 Å². The van der Waals surface area contributed by atoms with Crippen LogP contribution < -0.4 is 19.8 Å². The number of thiazole rings is 1. The van der Waals surface area contributed by atoms with E-state index in [4.69, 9.17) is 16.3 Å². The van der Waals surface area contributed by atoms with Crippen LogP contribution in [0.4, 0.5) is 24.5 Å². The zero-order valence-corrected chi connectivity index (χ0v) is 26.0. The van der Waals surface area contributed by atoms with Crippen molar-refractivity contribution < 1.29 is 32.3 Å². The number of nitrogens with one attached hydrogen (secondary N) is 2. The number of alkyl halides is 3. The predicted octanol–water partition coefficient (Wildman–Crippen LogP) is 6.68. The fourth-order valence-corrected chi connectivity index (χ4v) is 8.27. The van der Waals surface area contributed by atoms with Crippen molar-refractivity contribution in [3.8, 4) is 5.75 Å². The van der Waals surface area contributed by atoms with Gasteiger partial charge in [-0.1, -0.05) is 62.8 Å². The van der Waals surface area contributed by atoms with Crippen molar-refractivity contribution in [1.29, 1.82) is 0 Å². The van der Waals surface area contributed by atoms with Gasteiger partial charge in [0.25, 0.3) is 5.91 Å². The number of para-hydroxylation sites is 1. The Morgan fingerprint density at radius 3 is 2.50 bits per heavy atom. The highest BCUT2D eigenvalue weighted by Gasteiger charge is 2.57. The van der Waals surface area contributed by atoms with Crippen LogP contribution in [-0.2, 0) is 20.6 Å². The summed E-state index contributed by atoms with van der Waals surface area (Å²) in [5.41, 5.74) is -0.672. The summed E-state index contributed by atoms with van der Waals surface area (Å²) in [5.74, 6) is -3.41. The molecule has 1 saturated heterocycles. The zero-order valence-electron chi connectivity index (χ0n) is 22.0. The molecule has 0 radical (unpaired) electrons. The van der Waals surface area contributed by atoms with Crippen LogP contribution in [0, 0.1) is 5.92 Å². The minimum absolute atomic E-state index is 0.153. The molecule has 1 fully saturated rings. The SMILES string of the molecule is O=C(COc1ccc(Br)cc1[C@H]1c2sc(=O)[nH]c2SC2C(=O)N(c3ccc(Cl)cc3)C(=O)C21)Nc1ccccc1C(F)(F)F. The average molecular weight is 725 g/mol. The maximum atomic E-state index is 14.0. The van der Waals surface area contributed by atoms with Crippen molar-refractivity contribution in [2.45, 2.75) is 22.4 Å². The lowest BCUT2D eigenvalue weighted by molar-refractivity contribution is -0.137. The summed E-state index contributed by atoms with van der Waals surface area (Å²) >= 11 is 11.4. The number of imide groups is 1. The minimum atomic E-state index is -4.68. The minimum Gasteiger partial charge on any atom is -0.483 e. The molecule has 2 N–H and O–H groups in total. The molecule has 0 spiro atoms. The summed E-state index contributed by atoms with van der Waals surface area (Å²) in [4.78, 5) is 56.8. The molecule has 226 valence electrons. The summed E-state index contributed by atoms with van der Waals surface area (Å²) in [6, 6.07) is 15.7. The number of hydrogen-bond donors (Lipinski definition) is 2. The first kappa shape index (κ1) is 30.4. The molecule has 0 saturated carbocycles. The fourth-order valence-electron chi connectivity index (χ4n) is 5.26. The molecular formula is C29H18BrClF3N3O5S2. The van der Waals surface area contributed by atoms with Gasteiger partial charge in [0, 0.05) is 25.9 Å². The van der Waals surface area contributed by atoms with Crippen molar-refractivity contribution in [3.05, 3.63) is 102 Å². The van der Waals surface area contributed by atoms with Gasteiger partial charge in [0.1, 0.15) is 11.0 Å². The summed E-state index contributed by atoms with van der Waals surface area (Å²) in [6.07, 6.45) is -4.68. The molecule has 4 aromatic rings. The van der Waals surface area contributed by atoms with Crippen molar-refractivity contribution in [1.82, 2.24) is 4.98 Å². The van der Waals surface area contributed by atoms with Gasteiger partial charge in [-0.05, 0) is 54.6 Å². The highest BCUT2D eigenvalue weighted by atomic mass is 79.9. The maximum Gasteiger partial charge on any atom is 0.418 e. The number of rotatable bonds is 6. The van der Waals surface area contributed by atoms with Gasteiger partial charge in [0.2, 0.25) is 11.8 Å². The largest absolute Gasteiger partial charge is 0.483 e. The van der Waals surface area contributed by atoms with Gasteiger partial charge in [-0.3, -0.25) is 19.2 Å². The number of amides is 3. The first-order valence-corrected chi connectivity index (χ1v) is 15.7. The van der Waals surface area contributed by atoms with Gasteiger partial charge in [0.15, 0.2) is 6.61 Å². The van der Waals surface area contributed by atoms with Crippen LogP contribution in [0.1, 0.15) is 21.9 Å². The Labute approximate surface area is 268 Å². The van der Waals surface area contributed by atoms with Gasteiger partial charge in [-0.25, -0.2) is 4.90 Å². The Hall–Kier alpha value is -3.59. The number of nitrogens with zero attached hydrogens (tertiary/aromatic N) is 1. The summed E-state index contributed by atoms with van der Waals surface area (Å²) in [7, 11) is 0. The molecule has 3 amide bonds. The van der Waals surface area contributed by atoms with Crippen LogP contribution in [0.15, 0.2) is 81.0 Å². The highest BCUT2D eigenvalue weighted by Crippen LogP contribution is 2.54. The first-order chi connectivity index (χ1) is 20.9. The Balaban J connectivity index is 1.34. The number of thioether (sulfide) groups is 1. The maximum absolute atomic E-state index is 14.0. The lowest BCUT2D eigenvalue weighted by Crippen LogP contribution is -2.32. The van der Waals surface area contributed by atoms with E-state index in [1.807, 2.05) is 0 Å². The second kappa shape index (κ2) is 11.7. The third kappa shape index (κ3) is 5.67. The molecule has 3 heterocycles. The average Bonchev–Trinajstić information content (AvgIpc) is 3.46. The molecule has 3 aromatic carbocycles. The number of aromatic nitrogens is 1. The van der Waals surface area contributed by atoms with Crippen LogP contribution in [-0.4, -0.2) is 34.6 Å². The number of carbonyl (C=O) groups is 3. The van der Waals surface area contributed by atoms with Crippen molar-refractivity contribution in [2.24, 2.45) is 5.92 Å². The van der Waals surface area contributed by atoms with Gasteiger partial charge < -0.3 is 15.0 Å². The molecule has 15 heteroatoms. The molecule has 3 atom stereocenters. The number of halogens is 5. The van der Waals surface area contributed by atoms with Gasteiger partial charge in [0.05, 0.1) is 27.9 Å². The number of benzene rings is 3. The van der Waals surface area contributed by atoms with E-state index in [9.17, 15) is 32.3 Å². The number of hydrogen-bond acceptors (Lipinski definition) is 7. The predicted molar refractivity (Wildman–Crippen MR) is 164 cm³/mol. The normalized spacial score (nSPS) is 19.5. The summed E-state index contributed by atoms with van der Waals surface area (Å²) in [6.45, 7) is -0.656. The molecule has 1 aromatic heterocycles. The number of anilines is 2. The van der Waals surface area contributed by atoms with Crippen molar-refractivity contribution in [2.75, 3.05) is 16.8 Å². The Morgan fingerprint density at radius 1 is 1.05 bits per heavy atom. The quantitative estimate of drug-likeness (QED) is 0.215. The summed E-state index contributed by atoms with van der Waals surface area (Å²) < 4.78 is 46.7. The zero-order chi connectivity index (χ0) is 31.3. The third-order valence-electron chi connectivity index (χ3n) is 7.08. The second-order valence-corrected chi connectivity index (χ2v) is 13.3. The van der Waals surface area contributed by atoms with E-state index in [1.165, 1.54) is 12.1 Å². The topological polar surface area (TPSA) is 109 Å². The monoisotopic (exact) mass is 723 g/mol. The lowest BCUT2D eigenvalue weighted by Gasteiger charge is -2.31. The molecule has 2 aliphatic rings. The van der Waals surface area contributed by atoms with Gasteiger partial charge >= 0.3 is 11.0 Å². The van der Waals surface area contributed by atoms with E-state index in [0.29, 0.717) is 30.6 Å². The van der Waals surface area contributed by atoms with Crippen molar-refractivity contribution >= 4 is 79.7 Å². The number of carbonyl (C=O) groups excluding carboxylic acids is 3. The van der Waals surface area contributed by atoms with Crippen LogP contribution in [0.2, 0.25) is 5.02 Å². The summed E-state index contributed by atoms with van der Waals surface area (Å²) in [5, 5.41) is 2.23.